The van der Waals surface area contributed by atoms with Crippen molar-refractivity contribution < 1.29 is 9.31 Å². The van der Waals surface area contributed by atoms with Gasteiger partial charge in [0.2, 0.25) is 11.8 Å². The molecule has 2 aromatic rings. The number of nitrogen functional groups attached to an aromatic ring is 1. The van der Waals surface area contributed by atoms with E-state index < -0.39 is 4.92 Å². The first-order valence-electron chi connectivity index (χ1n) is 5.76. The van der Waals surface area contributed by atoms with Gasteiger partial charge in [-0.05, 0) is 24.6 Å². The fourth-order valence-electron chi connectivity index (χ4n) is 1.67. The number of hydrogen-bond donors (Lipinski definition) is 2. The Morgan fingerprint density at radius 2 is 2.05 bits per heavy atom. The Morgan fingerprint density at radius 3 is 2.65 bits per heavy atom. The number of nitrogens with zero attached hydrogens (tertiary/aromatic N) is 3. The van der Waals surface area contributed by atoms with Crippen molar-refractivity contribution in [1.29, 1.82) is 0 Å². The normalized spacial score (nSPS) is 11.9. The molecule has 1 unspecified atom stereocenters. The van der Waals surface area contributed by atoms with Crippen molar-refractivity contribution in [3.8, 4) is 0 Å². The smallest absolute Gasteiger partial charge is 0.329 e. The second-order valence-corrected chi connectivity index (χ2v) is 4.14. The number of aromatic nitrogens is 2. The highest BCUT2D eigenvalue weighted by Gasteiger charge is 2.18. The number of halogens is 1. The van der Waals surface area contributed by atoms with Crippen LogP contribution >= 0.6 is 0 Å². The molecule has 0 fully saturated rings. The van der Waals surface area contributed by atoms with E-state index in [9.17, 15) is 14.5 Å². The minimum atomic E-state index is -0.598. The van der Waals surface area contributed by atoms with Gasteiger partial charge in [-0.3, -0.25) is 10.1 Å². The van der Waals surface area contributed by atoms with Gasteiger partial charge in [0, 0.05) is 0 Å². The van der Waals surface area contributed by atoms with Crippen LogP contribution in [-0.2, 0) is 0 Å². The molecule has 0 spiro atoms. The number of anilines is 2. The van der Waals surface area contributed by atoms with Gasteiger partial charge in [-0.1, -0.05) is 12.1 Å². The lowest BCUT2D eigenvalue weighted by Crippen LogP contribution is -2.11. The second kappa shape index (κ2) is 5.47. The molecule has 7 nitrogen and oxygen atoms in total. The van der Waals surface area contributed by atoms with E-state index >= 15 is 0 Å². The Kier molecular flexibility index (Phi) is 3.74. The molecule has 104 valence electrons. The molecule has 2 rings (SSSR count). The Morgan fingerprint density at radius 1 is 1.40 bits per heavy atom. The van der Waals surface area contributed by atoms with Gasteiger partial charge in [-0.15, -0.1) is 0 Å². The number of nitro groups is 1. The van der Waals surface area contributed by atoms with E-state index in [1.54, 1.807) is 19.1 Å². The maximum Gasteiger partial charge on any atom is 0.329 e. The lowest BCUT2D eigenvalue weighted by molar-refractivity contribution is -0.384. The van der Waals surface area contributed by atoms with Crippen LogP contribution in [0.2, 0.25) is 0 Å². The summed E-state index contributed by atoms with van der Waals surface area (Å²) in [6.45, 7) is 1.77. The van der Waals surface area contributed by atoms with Crippen molar-refractivity contribution in [3.63, 3.8) is 0 Å². The summed E-state index contributed by atoms with van der Waals surface area (Å²) >= 11 is 0. The molecule has 8 heteroatoms. The van der Waals surface area contributed by atoms with E-state index in [0.717, 1.165) is 11.8 Å². The second-order valence-electron chi connectivity index (χ2n) is 4.14. The summed E-state index contributed by atoms with van der Waals surface area (Å²) in [6.07, 6.45) is 1.04. The Balaban J connectivity index is 2.27. The van der Waals surface area contributed by atoms with Crippen molar-refractivity contribution in [2.24, 2.45) is 0 Å². The molecule has 0 saturated heterocycles. The molecule has 0 amide bonds. The molecule has 1 aromatic heterocycles. The Bertz CT molecular complexity index is 632. The van der Waals surface area contributed by atoms with Crippen molar-refractivity contribution in [3.05, 3.63) is 52.0 Å². The van der Waals surface area contributed by atoms with Crippen LogP contribution in [0.15, 0.2) is 30.5 Å². The number of benzene rings is 1. The van der Waals surface area contributed by atoms with E-state index in [4.69, 9.17) is 5.73 Å². The van der Waals surface area contributed by atoms with Gasteiger partial charge in [0.05, 0.1) is 11.0 Å². The first kappa shape index (κ1) is 13.7. The topological polar surface area (TPSA) is 107 Å². The van der Waals surface area contributed by atoms with Gasteiger partial charge >= 0.3 is 5.69 Å². The third-order valence-electron chi connectivity index (χ3n) is 2.71. The number of rotatable bonds is 4. The molecule has 20 heavy (non-hydrogen) atoms. The highest BCUT2D eigenvalue weighted by atomic mass is 19.1. The van der Waals surface area contributed by atoms with Crippen LogP contribution in [0.4, 0.5) is 21.8 Å². The summed E-state index contributed by atoms with van der Waals surface area (Å²) < 4.78 is 12.9. The van der Waals surface area contributed by atoms with Gasteiger partial charge in [0.25, 0.3) is 0 Å². The third-order valence-corrected chi connectivity index (χ3v) is 2.71. The summed E-state index contributed by atoms with van der Waals surface area (Å²) in [7, 11) is 0. The van der Waals surface area contributed by atoms with E-state index in [1.807, 2.05) is 0 Å². The fraction of sp³-hybridized carbons (Fsp3) is 0.167. The lowest BCUT2D eigenvalue weighted by Gasteiger charge is -2.14. The molecule has 0 aliphatic rings. The minimum absolute atomic E-state index is 0.0272. The molecular formula is C12H12FN5O2. The predicted molar refractivity (Wildman–Crippen MR) is 71.5 cm³/mol. The summed E-state index contributed by atoms with van der Waals surface area (Å²) in [6, 6.07) is 5.50. The lowest BCUT2D eigenvalue weighted by atomic mass is 10.1. The predicted octanol–water partition coefficient (Wildman–Crippen LogP) is 2.28. The van der Waals surface area contributed by atoms with Crippen LogP contribution < -0.4 is 11.1 Å². The van der Waals surface area contributed by atoms with Crippen molar-refractivity contribution in [1.82, 2.24) is 9.97 Å². The van der Waals surface area contributed by atoms with Crippen LogP contribution in [-0.4, -0.2) is 14.9 Å². The van der Waals surface area contributed by atoms with Crippen LogP contribution in [0.25, 0.3) is 0 Å². The van der Waals surface area contributed by atoms with Gasteiger partial charge in [0.1, 0.15) is 12.0 Å². The van der Waals surface area contributed by atoms with Crippen LogP contribution in [0, 0.1) is 15.9 Å². The van der Waals surface area contributed by atoms with Crippen LogP contribution in [0.3, 0.4) is 0 Å². The molecule has 1 heterocycles. The Hall–Kier alpha value is -2.77. The number of hydrogen-bond acceptors (Lipinski definition) is 6. The average Bonchev–Trinajstić information content (AvgIpc) is 2.39. The van der Waals surface area contributed by atoms with E-state index in [1.165, 1.54) is 12.1 Å². The molecule has 1 atom stereocenters. The van der Waals surface area contributed by atoms with Gasteiger partial charge in [-0.2, -0.15) is 4.98 Å². The van der Waals surface area contributed by atoms with Gasteiger partial charge in [-0.25, -0.2) is 9.37 Å². The molecule has 3 N–H and O–H groups in total. The zero-order valence-electron chi connectivity index (χ0n) is 10.6. The third kappa shape index (κ3) is 2.97. The molecule has 0 aliphatic heterocycles. The van der Waals surface area contributed by atoms with E-state index in [0.29, 0.717) is 0 Å². The SMILES string of the molecule is CC(Nc1nc(N)ncc1[N+](=O)[O-])c1ccc(F)cc1. The minimum Gasteiger partial charge on any atom is -0.368 e. The first-order valence-corrected chi connectivity index (χ1v) is 5.76. The van der Waals surface area contributed by atoms with Crippen molar-refractivity contribution in [2.75, 3.05) is 11.1 Å². The van der Waals surface area contributed by atoms with E-state index in [2.05, 4.69) is 15.3 Å². The maximum atomic E-state index is 12.9. The quantitative estimate of drug-likeness (QED) is 0.655. The van der Waals surface area contributed by atoms with Crippen LogP contribution in [0.5, 0.6) is 0 Å². The van der Waals surface area contributed by atoms with E-state index in [-0.39, 0.29) is 29.3 Å². The molecule has 0 aliphatic carbocycles. The number of nitrogens with one attached hydrogen (secondary N) is 1. The average molecular weight is 277 g/mol. The van der Waals surface area contributed by atoms with Crippen molar-refractivity contribution in [2.45, 2.75) is 13.0 Å². The van der Waals surface area contributed by atoms with Crippen LogP contribution in [0.1, 0.15) is 18.5 Å². The largest absolute Gasteiger partial charge is 0.368 e. The first-order chi connectivity index (χ1) is 9.47. The Labute approximate surface area is 113 Å². The molecule has 1 aromatic carbocycles. The van der Waals surface area contributed by atoms with Crippen molar-refractivity contribution >= 4 is 17.5 Å². The number of nitrogens with two attached hydrogens (primary N) is 1. The molecule has 0 radical (unpaired) electrons. The summed E-state index contributed by atoms with van der Waals surface area (Å²) in [5.41, 5.74) is 5.92. The zero-order chi connectivity index (χ0) is 14.7. The summed E-state index contributed by atoms with van der Waals surface area (Å²) in [5.74, 6) is -0.387. The monoisotopic (exact) mass is 277 g/mol. The summed E-state index contributed by atoms with van der Waals surface area (Å²) in [4.78, 5) is 17.7. The van der Waals surface area contributed by atoms with Gasteiger partial charge in [0.15, 0.2) is 0 Å². The fourth-order valence-corrected chi connectivity index (χ4v) is 1.67. The zero-order valence-corrected chi connectivity index (χ0v) is 10.6. The standard InChI is InChI=1S/C12H12FN5O2/c1-7(8-2-4-9(13)5-3-8)16-11-10(18(19)20)6-15-12(14)17-11/h2-7H,1H3,(H3,14,15,16,17). The summed E-state index contributed by atoms with van der Waals surface area (Å²) in [5, 5.41) is 13.8. The van der Waals surface area contributed by atoms with Gasteiger partial charge < -0.3 is 11.1 Å². The molecule has 0 bridgehead atoms. The highest BCUT2D eigenvalue weighted by Crippen LogP contribution is 2.26. The highest BCUT2D eigenvalue weighted by molar-refractivity contribution is 5.57. The molecule has 0 saturated carbocycles. The maximum absolute atomic E-state index is 12.9. The molecular weight excluding hydrogens is 265 g/mol.